The highest BCUT2D eigenvalue weighted by Gasteiger charge is 2.26. The standard InChI is InChI=1S/C16H12N2O/c17-10-12-5-7-13(8-6-12)11-18-15-4-2-1-3-14(15)9-16(18)19/h1-8H,9,11H2. The van der Waals surface area contributed by atoms with Crippen LogP contribution in [0.3, 0.4) is 0 Å². The van der Waals surface area contributed by atoms with Gasteiger partial charge in [-0.15, -0.1) is 0 Å². The minimum absolute atomic E-state index is 0.130. The number of hydrogen-bond acceptors (Lipinski definition) is 2. The van der Waals surface area contributed by atoms with E-state index in [2.05, 4.69) is 6.07 Å². The van der Waals surface area contributed by atoms with Gasteiger partial charge in [-0.1, -0.05) is 30.3 Å². The van der Waals surface area contributed by atoms with Gasteiger partial charge in [-0.3, -0.25) is 4.79 Å². The maximum atomic E-state index is 12.0. The quantitative estimate of drug-likeness (QED) is 0.820. The van der Waals surface area contributed by atoms with Gasteiger partial charge in [-0.2, -0.15) is 5.26 Å². The van der Waals surface area contributed by atoms with E-state index in [0.717, 1.165) is 16.8 Å². The molecule has 2 aromatic carbocycles. The molecule has 92 valence electrons. The molecule has 0 N–H and O–H groups in total. The zero-order chi connectivity index (χ0) is 13.2. The third-order valence-electron chi connectivity index (χ3n) is 3.35. The van der Waals surface area contributed by atoms with Gasteiger partial charge in [0.1, 0.15) is 0 Å². The number of amides is 1. The van der Waals surface area contributed by atoms with E-state index in [-0.39, 0.29) is 5.91 Å². The van der Waals surface area contributed by atoms with E-state index in [1.54, 1.807) is 17.0 Å². The largest absolute Gasteiger partial charge is 0.307 e. The van der Waals surface area contributed by atoms with Crippen molar-refractivity contribution < 1.29 is 4.79 Å². The number of carbonyl (C=O) groups is 1. The smallest absolute Gasteiger partial charge is 0.231 e. The van der Waals surface area contributed by atoms with Crippen LogP contribution in [0.5, 0.6) is 0 Å². The van der Waals surface area contributed by atoms with Crippen LogP contribution in [0.2, 0.25) is 0 Å². The number of nitrogens with zero attached hydrogens (tertiary/aromatic N) is 2. The summed E-state index contributed by atoms with van der Waals surface area (Å²) >= 11 is 0. The molecule has 0 atom stereocenters. The van der Waals surface area contributed by atoms with Gasteiger partial charge >= 0.3 is 0 Å². The number of carbonyl (C=O) groups excluding carboxylic acids is 1. The number of fused-ring (bicyclic) bond motifs is 1. The molecule has 3 nitrogen and oxygen atoms in total. The van der Waals surface area contributed by atoms with E-state index < -0.39 is 0 Å². The molecule has 1 amide bonds. The van der Waals surface area contributed by atoms with E-state index in [4.69, 9.17) is 5.26 Å². The number of nitriles is 1. The zero-order valence-electron chi connectivity index (χ0n) is 10.3. The minimum atomic E-state index is 0.130. The highest BCUT2D eigenvalue weighted by atomic mass is 16.2. The third kappa shape index (κ3) is 2.09. The number of rotatable bonds is 2. The summed E-state index contributed by atoms with van der Waals surface area (Å²) in [5.41, 5.74) is 3.75. The van der Waals surface area contributed by atoms with Gasteiger partial charge in [0.2, 0.25) is 5.91 Å². The third-order valence-corrected chi connectivity index (χ3v) is 3.35. The number of para-hydroxylation sites is 1. The fraction of sp³-hybridized carbons (Fsp3) is 0.125. The maximum Gasteiger partial charge on any atom is 0.231 e. The maximum absolute atomic E-state index is 12.0. The first-order valence-electron chi connectivity index (χ1n) is 6.15. The first-order valence-corrected chi connectivity index (χ1v) is 6.15. The summed E-state index contributed by atoms with van der Waals surface area (Å²) in [4.78, 5) is 13.8. The van der Waals surface area contributed by atoms with Gasteiger partial charge in [-0.05, 0) is 29.3 Å². The van der Waals surface area contributed by atoms with Gasteiger partial charge in [0.05, 0.1) is 24.6 Å². The molecule has 0 radical (unpaired) electrons. The Morgan fingerprint density at radius 2 is 1.84 bits per heavy atom. The molecule has 0 unspecified atom stereocenters. The molecule has 3 rings (SSSR count). The van der Waals surface area contributed by atoms with E-state index >= 15 is 0 Å². The number of benzene rings is 2. The molecule has 0 saturated heterocycles. The summed E-state index contributed by atoms with van der Waals surface area (Å²) in [7, 11) is 0. The van der Waals surface area contributed by atoms with Crippen LogP contribution < -0.4 is 4.90 Å². The predicted octanol–water partition coefficient (Wildman–Crippen LogP) is 2.65. The average Bonchev–Trinajstić information content (AvgIpc) is 2.76. The van der Waals surface area contributed by atoms with Crippen molar-refractivity contribution >= 4 is 11.6 Å². The monoisotopic (exact) mass is 248 g/mol. The molecule has 0 fully saturated rings. The van der Waals surface area contributed by atoms with Crippen molar-refractivity contribution in [3.8, 4) is 6.07 Å². The van der Waals surface area contributed by atoms with E-state index in [9.17, 15) is 4.79 Å². The molecule has 0 aliphatic carbocycles. The van der Waals surface area contributed by atoms with Crippen molar-refractivity contribution in [3.63, 3.8) is 0 Å². The number of hydrogen-bond donors (Lipinski definition) is 0. The van der Waals surface area contributed by atoms with Gasteiger partial charge in [0.15, 0.2) is 0 Å². The fourth-order valence-electron chi connectivity index (χ4n) is 2.36. The topological polar surface area (TPSA) is 44.1 Å². The predicted molar refractivity (Wildman–Crippen MR) is 72.5 cm³/mol. The van der Waals surface area contributed by atoms with Crippen LogP contribution >= 0.6 is 0 Å². The second kappa shape index (κ2) is 4.58. The Kier molecular flexibility index (Phi) is 2.77. The summed E-state index contributed by atoms with van der Waals surface area (Å²) in [5.74, 6) is 0.130. The summed E-state index contributed by atoms with van der Waals surface area (Å²) in [6.07, 6.45) is 0.479. The second-order valence-corrected chi connectivity index (χ2v) is 4.59. The average molecular weight is 248 g/mol. The number of anilines is 1. The van der Waals surface area contributed by atoms with Gasteiger partial charge < -0.3 is 4.90 Å². The Morgan fingerprint density at radius 1 is 1.11 bits per heavy atom. The summed E-state index contributed by atoms with van der Waals surface area (Å²) < 4.78 is 0. The van der Waals surface area contributed by atoms with Crippen molar-refractivity contribution in [2.45, 2.75) is 13.0 Å². The molecule has 19 heavy (non-hydrogen) atoms. The summed E-state index contributed by atoms with van der Waals surface area (Å²) in [6, 6.07) is 17.3. The molecule has 1 aliphatic rings. The SMILES string of the molecule is N#Cc1ccc(CN2C(=O)Cc3ccccc32)cc1. The van der Waals surface area contributed by atoms with Crippen LogP contribution in [0.4, 0.5) is 5.69 Å². The van der Waals surface area contributed by atoms with Crippen molar-refractivity contribution in [1.29, 1.82) is 5.26 Å². The molecular formula is C16H12N2O. The van der Waals surface area contributed by atoms with Crippen LogP contribution in [0.15, 0.2) is 48.5 Å². The molecule has 2 aromatic rings. The molecule has 1 heterocycles. The van der Waals surface area contributed by atoms with Crippen LogP contribution in [0.25, 0.3) is 0 Å². The van der Waals surface area contributed by atoms with Gasteiger partial charge in [0.25, 0.3) is 0 Å². The highest BCUT2D eigenvalue weighted by molar-refractivity contribution is 6.01. The normalized spacial score (nSPS) is 13.2. The lowest BCUT2D eigenvalue weighted by atomic mass is 10.1. The molecule has 0 aromatic heterocycles. The van der Waals surface area contributed by atoms with Crippen molar-refractivity contribution in [1.82, 2.24) is 0 Å². The summed E-state index contributed by atoms with van der Waals surface area (Å²) in [6.45, 7) is 0.557. The lowest BCUT2D eigenvalue weighted by molar-refractivity contribution is -0.117. The first-order chi connectivity index (χ1) is 9.28. The van der Waals surface area contributed by atoms with Crippen LogP contribution in [0.1, 0.15) is 16.7 Å². The van der Waals surface area contributed by atoms with Crippen LogP contribution in [-0.4, -0.2) is 5.91 Å². The Balaban J connectivity index is 1.87. The minimum Gasteiger partial charge on any atom is -0.307 e. The molecule has 0 spiro atoms. The lowest BCUT2D eigenvalue weighted by Crippen LogP contribution is -2.25. The first kappa shape index (κ1) is 11.5. The summed E-state index contributed by atoms with van der Waals surface area (Å²) in [5, 5.41) is 8.77. The second-order valence-electron chi connectivity index (χ2n) is 4.59. The van der Waals surface area contributed by atoms with Crippen molar-refractivity contribution in [2.24, 2.45) is 0 Å². The Morgan fingerprint density at radius 3 is 2.58 bits per heavy atom. The molecule has 0 bridgehead atoms. The van der Waals surface area contributed by atoms with E-state index in [0.29, 0.717) is 18.5 Å². The molecule has 0 saturated carbocycles. The Bertz CT molecular complexity index is 668. The van der Waals surface area contributed by atoms with E-state index in [1.165, 1.54) is 0 Å². The van der Waals surface area contributed by atoms with Crippen LogP contribution in [0, 0.1) is 11.3 Å². The van der Waals surface area contributed by atoms with E-state index in [1.807, 2.05) is 36.4 Å². The Hall–Kier alpha value is -2.60. The van der Waals surface area contributed by atoms with Crippen LogP contribution in [-0.2, 0) is 17.8 Å². The van der Waals surface area contributed by atoms with Crippen molar-refractivity contribution in [2.75, 3.05) is 4.90 Å². The molecule has 3 heteroatoms. The Labute approximate surface area is 111 Å². The van der Waals surface area contributed by atoms with Gasteiger partial charge in [-0.25, -0.2) is 0 Å². The fourth-order valence-corrected chi connectivity index (χ4v) is 2.36. The lowest BCUT2D eigenvalue weighted by Gasteiger charge is -2.17. The zero-order valence-corrected chi connectivity index (χ0v) is 10.3. The van der Waals surface area contributed by atoms with Gasteiger partial charge in [0, 0.05) is 5.69 Å². The highest BCUT2D eigenvalue weighted by Crippen LogP contribution is 2.29. The molecule has 1 aliphatic heterocycles. The molecular weight excluding hydrogens is 236 g/mol. The van der Waals surface area contributed by atoms with Crippen molar-refractivity contribution in [3.05, 3.63) is 65.2 Å².